The summed E-state index contributed by atoms with van der Waals surface area (Å²) in [4.78, 5) is 1.39. The number of hydrogen-bond donors (Lipinski definition) is 1. The highest BCUT2D eigenvalue weighted by molar-refractivity contribution is 7.14. The normalized spacial score (nSPS) is 12.0. The summed E-state index contributed by atoms with van der Waals surface area (Å²) in [5, 5.41) is 2.15. The Kier molecular flexibility index (Phi) is 5.48. The summed E-state index contributed by atoms with van der Waals surface area (Å²) in [5.74, 6) is 0.592. The van der Waals surface area contributed by atoms with Crippen LogP contribution in [-0.2, 0) is 12.8 Å². The first-order valence-corrected chi connectivity index (χ1v) is 8.99. The number of hydrogen-bond acceptors (Lipinski definition) is 2. The van der Waals surface area contributed by atoms with Crippen LogP contribution < -0.4 is 5.73 Å². The Hall–Kier alpha value is -1.80. The number of benzene rings is 1. The highest BCUT2D eigenvalue weighted by Gasteiger charge is 2.21. The predicted octanol–water partition coefficient (Wildman–Crippen LogP) is 6.15. The van der Waals surface area contributed by atoms with Gasteiger partial charge in [-0.3, -0.25) is 0 Å². The lowest BCUT2D eigenvalue weighted by atomic mass is 9.86. The molecule has 0 saturated carbocycles. The van der Waals surface area contributed by atoms with Crippen molar-refractivity contribution in [1.82, 2.24) is 0 Å². The Morgan fingerprint density at radius 1 is 1.17 bits per heavy atom. The lowest BCUT2D eigenvalue weighted by Crippen LogP contribution is -2.06. The van der Waals surface area contributed by atoms with Gasteiger partial charge in [0.2, 0.25) is 0 Å². The highest BCUT2D eigenvalue weighted by Crippen LogP contribution is 2.41. The molecule has 122 valence electrons. The molecule has 0 amide bonds. The monoisotopic (exact) mass is 325 g/mol. The van der Waals surface area contributed by atoms with E-state index >= 15 is 0 Å². The van der Waals surface area contributed by atoms with Gasteiger partial charge in [-0.05, 0) is 54.9 Å². The van der Waals surface area contributed by atoms with Crippen molar-refractivity contribution in [3.8, 4) is 10.4 Å². The van der Waals surface area contributed by atoms with Crippen molar-refractivity contribution in [3.63, 3.8) is 0 Å². The van der Waals surface area contributed by atoms with Gasteiger partial charge in [0.1, 0.15) is 0 Å². The summed E-state index contributed by atoms with van der Waals surface area (Å²) in [6.45, 7) is 15.9. The van der Waals surface area contributed by atoms with Crippen LogP contribution in [0.25, 0.3) is 16.1 Å². The number of fused-ring (bicyclic) bond motifs is 3. The molecular weight excluding hydrogens is 298 g/mol. The Balaban J connectivity index is 0.000000433. The van der Waals surface area contributed by atoms with Gasteiger partial charge in [-0.15, -0.1) is 17.9 Å². The fourth-order valence-electron chi connectivity index (χ4n) is 2.79. The van der Waals surface area contributed by atoms with Crippen molar-refractivity contribution < 1.29 is 0 Å². The second-order valence-electron chi connectivity index (χ2n) is 6.76. The second kappa shape index (κ2) is 7.18. The SMILES string of the molecule is C=C(C)C.C=C(N)c1csc2c1CCc1cc(C(C)C)ccc1-2. The van der Waals surface area contributed by atoms with Crippen LogP contribution in [0, 0.1) is 0 Å². The van der Waals surface area contributed by atoms with Crippen LogP contribution in [0.3, 0.4) is 0 Å². The van der Waals surface area contributed by atoms with Crippen LogP contribution >= 0.6 is 11.3 Å². The lowest BCUT2D eigenvalue weighted by Gasteiger charge is -2.19. The quantitative estimate of drug-likeness (QED) is 0.658. The summed E-state index contributed by atoms with van der Waals surface area (Å²) in [7, 11) is 0. The van der Waals surface area contributed by atoms with Crippen molar-refractivity contribution >= 4 is 17.0 Å². The van der Waals surface area contributed by atoms with Crippen LogP contribution in [0.5, 0.6) is 0 Å². The zero-order chi connectivity index (χ0) is 17.1. The molecule has 0 radical (unpaired) electrons. The van der Waals surface area contributed by atoms with Crippen LogP contribution in [0.15, 0.2) is 42.3 Å². The molecule has 0 unspecified atom stereocenters. The summed E-state index contributed by atoms with van der Waals surface area (Å²) in [6.07, 6.45) is 2.19. The van der Waals surface area contributed by atoms with Crippen molar-refractivity contribution in [1.29, 1.82) is 0 Å². The number of aryl methyl sites for hydroxylation is 1. The standard InChI is InChI=1S/C17H19NS.C4H8/c1-10(2)12-4-6-14-13(8-12)5-7-15-16(11(3)18)9-19-17(14)15;1-4(2)3/h4,6,8-10H,3,5,7,18H2,1-2H3;1H2,2-3H3. The zero-order valence-electron chi connectivity index (χ0n) is 14.7. The summed E-state index contributed by atoms with van der Waals surface area (Å²) >= 11 is 1.80. The minimum atomic E-state index is 0.592. The summed E-state index contributed by atoms with van der Waals surface area (Å²) in [5.41, 5.74) is 14.6. The van der Waals surface area contributed by atoms with E-state index in [1.807, 2.05) is 13.8 Å². The minimum absolute atomic E-state index is 0.592. The molecule has 1 aliphatic carbocycles. The molecule has 1 aromatic heterocycles. The van der Waals surface area contributed by atoms with Gasteiger partial charge in [0.25, 0.3) is 0 Å². The predicted molar refractivity (Wildman–Crippen MR) is 105 cm³/mol. The molecule has 0 bridgehead atoms. The van der Waals surface area contributed by atoms with E-state index in [-0.39, 0.29) is 0 Å². The van der Waals surface area contributed by atoms with Crippen LogP contribution in [0.2, 0.25) is 0 Å². The summed E-state index contributed by atoms with van der Waals surface area (Å²) < 4.78 is 0. The van der Waals surface area contributed by atoms with Crippen molar-refractivity contribution in [3.05, 3.63) is 64.6 Å². The molecule has 1 heterocycles. The number of thiophene rings is 1. The van der Waals surface area contributed by atoms with Crippen LogP contribution in [0.4, 0.5) is 0 Å². The van der Waals surface area contributed by atoms with E-state index in [0.29, 0.717) is 11.6 Å². The van der Waals surface area contributed by atoms with Crippen molar-refractivity contribution in [2.75, 3.05) is 0 Å². The maximum atomic E-state index is 5.88. The maximum absolute atomic E-state index is 5.88. The van der Waals surface area contributed by atoms with E-state index in [2.05, 4.69) is 50.6 Å². The Morgan fingerprint density at radius 3 is 2.39 bits per heavy atom. The molecule has 1 aliphatic rings. The number of nitrogens with two attached hydrogens (primary N) is 1. The van der Waals surface area contributed by atoms with Gasteiger partial charge in [-0.25, -0.2) is 0 Å². The molecule has 2 N–H and O–H groups in total. The molecule has 0 saturated heterocycles. The van der Waals surface area contributed by atoms with Gasteiger partial charge in [-0.1, -0.05) is 44.2 Å². The largest absolute Gasteiger partial charge is 0.399 e. The zero-order valence-corrected chi connectivity index (χ0v) is 15.5. The van der Waals surface area contributed by atoms with Gasteiger partial charge in [0.05, 0.1) is 0 Å². The molecule has 23 heavy (non-hydrogen) atoms. The molecule has 0 aliphatic heterocycles. The third-order valence-electron chi connectivity index (χ3n) is 3.92. The Morgan fingerprint density at radius 2 is 1.83 bits per heavy atom. The van der Waals surface area contributed by atoms with E-state index in [0.717, 1.165) is 18.4 Å². The van der Waals surface area contributed by atoms with E-state index in [1.165, 1.54) is 32.7 Å². The third-order valence-corrected chi connectivity index (χ3v) is 4.98. The lowest BCUT2D eigenvalue weighted by molar-refractivity contribution is 0.856. The molecule has 1 aromatic carbocycles. The first kappa shape index (κ1) is 17.6. The highest BCUT2D eigenvalue weighted by atomic mass is 32.1. The number of rotatable bonds is 2. The summed E-state index contributed by atoms with van der Waals surface area (Å²) in [6, 6.07) is 6.91. The number of allylic oxidation sites excluding steroid dienone is 1. The Bertz CT molecular complexity index is 730. The van der Waals surface area contributed by atoms with Gasteiger partial charge >= 0.3 is 0 Å². The molecule has 1 nitrogen and oxygen atoms in total. The Labute approximate surface area is 144 Å². The van der Waals surface area contributed by atoms with E-state index in [1.54, 1.807) is 11.3 Å². The average Bonchev–Trinajstić information content (AvgIpc) is 2.90. The fourth-order valence-corrected chi connectivity index (χ4v) is 4.00. The average molecular weight is 326 g/mol. The maximum Gasteiger partial charge on any atom is 0.0384 e. The molecule has 0 atom stereocenters. The molecular formula is C21H27NS. The third kappa shape index (κ3) is 3.94. The fraction of sp³-hybridized carbons (Fsp3) is 0.333. The van der Waals surface area contributed by atoms with E-state index in [4.69, 9.17) is 5.73 Å². The topological polar surface area (TPSA) is 26.0 Å². The minimum Gasteiger partial charge on any atom is -0.399 e. The molecule has 3 rings (SSSR count). The van der Waals surface area contributed by atoms with Gasteiger partial charge in [-0.2, -0.15) is 0 Å². The molecule has 2 aromatic rings. The first-order valence-electron chi connectivity index (χ1n) is 8.11. The molecule has 2 heteroatoms. The first-order chi connectivity index (χ1) is 10.8. The van der Waals surface area contributed by atoms with Crippen LogP contribution in [0.1, 0.15) is 55.9 Å². The van der Waals surface area contributed by atoms with Gasteiger partial charge < -0.3 is 5.73 Å². The molecule has 0 fully saturated rings. The van der Waals surface area contributed by atoms with Crippen LogP contribution in [-0.4, -0.2) is 0 Å². The van der Waals surface area contributed by atoms with Gasteiger partial charge in [0.15, 0.2) is 0 Å². The molecule has 0 spiro atoms. The van der Waals surface area contributed by atoms with Crippen molar-refractivity contribution in [2.45, 2.75) is 46.5 Å². The second-order valence-corrected chi connectivity index (χ2v) is 7.64. The van der Waals surface area contributed by atoms with Gasteiger partial charge in [0, 0.05) is 21.5 Å². The van der Waals surface area contributed by atoms with Crippen molar-refractivity contribution in [2.24, 2.45) is 5.73 Å². The van der Waals surface area contributed by atoms with E-state index < -0.39 is 0 Å². The smallest absolute Gasteiger partial charge is 0.0384 e. The van der Waals surface area contributed by atoms with E-state index in [9.17, 15) is 0 Å².